The lowest BCUT2D eigenvalue weighted by Crippen LogP contribution is -2.45. The zero-order valence-electron chi connectivity index (χ0n) is 21.9. The van der Waals surface area contributed by atoms with Crippen molar-refractivity contribution in [2.75, 3.05) is 26.3 Å². The first-order valence-electron chi connectivity index (χ1n) is 13.2. The van der Waals surface area contributed by atoms with Crippen molar-refractivity contribution in [1.82, 2.24) is 15.2 Å². The Morgan fingerprint density at radius 3 is 2.65 bits per heavy atom. The molecule has 0 spiro atoms. The molecule has 200 valence electrons. The molecule has 7 heteroatoms. The van der Waals surface area contributed by atoms with Crippen LogP contribution in [0.5, 0.6) is 0 Å². The number of H-pyrrole nitrogens is 1. The second-order valence-electron chi connectivity index (χ2n) is 10.4. The Morgan fingerprint density at radius 2 is 1.92 bits per heavy atom. The number of aryl methyl sites for hydroxylation is 1. The lowest BCUT2D eigenvalue weighted by atomic mass is 9.86. The Bertz CT molecular complexity index is 1250. The molecule has 0 aliphatic carbocycles. The third-order valence-electron chi connectivity index (χ3n) is 7.66. The third-order valence-corrected chi connectivity index (χ3v) is 7.66. The summed E-state index contributed by atoms with van der Waals surface area (Å²) in [6, 6.07) is 6.75. The molecule has 0 fully saturated rings. The molecule has 3 nitrogen and oxygen atoms in total. The predicted molar refractivity (Wildman–Crippen MR) is 142 cm³/mol. The topological polar surface area (TPSA) is 31.1 Å². The standard InChI is InChI=1S/C30H37F4N3/c1-18(2)19(3)17-37-20(4)15-24-23-16-22(32)9-11-26(23)36-29(24)30(37)27-25(33)10-8-21(28(27)34)7-5-13-35-14-6-12-31/h8-11,16,19-20,30,35-36H,1,5-7,12-15,17H2,2-4H3/t19?,20-,30?/m1/s1. The average Bonchev–Trinajstić information content (AvgIpc) is 3.21. The van der Waals surface area contributed by atoms with Crippen molar-refractivity contribution in [3.63, 3.8) is 0 Å². The third kappa shape index (κ3) is 5.78. The van der Waals surface area contributed by atoms with Crippen LogP contribution in [-0.2, 0) is 12.8 Å². The minimum absolute atomic E-state index is 0.0243. The first kappa shape index (κ1) is 27.4. The van der Waals surface area contributed by atoms with Gasteiger partial charge in [0.25, 0.3) is 0 Å². The van der Waals surface area contributed by atoms with Gasteiger partial charge in [0.05, 0.1) is 12.7 Å². The molecule has 2 heterocycles. The molecule has 0 saturated carbocycles. The fourth-order valence-electron chi connectivity index (χ4n) is 5.37. The molecule has 3 aromatic rings. The molecule has 0 saturated heterocycles. The summed E-state index contributed by atoms with van der Waals surface area (Å²) in [5.74, 6) is -1.34. The highest BCUT2D eigenvalue weighted by Gasteiger charge is 2.39. The van der Waals surface area contributed by atoms with E-state index in [0.717, 1.165) is 27.7 Å². The highest BCUT2D eigenvalue weighted by Crippen LogP contribution is 2.43. The highest BCUT2D eigenvalue weighted by molar-refractivity contribution is 5.85. The normalized spacial score (nSPS) is 18.8. The maximum atomic E-state index is 16.1. The fourth-order valence-corrected chi connectivity index (χ4v) is 5.37. The molecule has 2 unspecified atom stereocenters. The number of fused-ring (bicyclic) bond motifs is 3. The second-order valence-corrected chi connectivity index (χ2v) is 10.4. The van der Waals surface area contributed by atoms with E-state index in [1.54, 1.807) is 6.07 Å². The molecule has 2 aromatic carbocycles. The zero-order valence-corrected chi connectivity index (χ0v) is 21.9. The van der Waals surface area contributed by atoms with Gasteiger partial charge in [-0.05, 0) is 93.9 Å². The number of aromatic nitrogens is 1. The summed E-state index contributed by atoms with van der Waals surface area (Å²) in [7, 11) is 0. The Balaban J connectivity index is 1.77. The summed E-state index contributed by atoms with van der Waals surface area (Å²) in [5.41, 5.74) is 3.87. The second kappa shape index (κ2) is 11.8. The molecule has 0 amide bonds. The van der Waals surface area contributed by atoms with Crippen molar-refractivity contribution in [3.8, 4) is 0 Å². The van der Waals surface area contributed by atoms with Gasteiger partial charge in [0, 0.05) is 34.7 Å². The van der Waals surface area contributed by atoms with Crippen LogP contribution in [0.15, 0.2) is 42.5 Å². The van der Waals surface area contributed by atoms with Crippen LogP contribution in [0.2, 0.25) is 0 Å². The first-order valence-corrected chi connectivity index (χ1v) is 13.2. The fraction of sp³-hybridized carbons (Fsp3) is 0.467. The monoisotopic (exact) mass is 515 g/mol. The Kier molecular flexibility index (Phi) is 8.75. The van der Waals surface area contributed by atoms with Gasteiger partial charge in [-0.25, -0.2) is 13.2 Å². The summed E-state index contributed by atoms with van der Waals surface area (Å²) in [5, 5.41) is 3.91. The smallest absolute Gasteiger partial charge is 0.134 e. The highest BCUT2D eigenvalue weighted by atomic mass is 19.1. The average molecular weight is 516 g/mol. The molecule has 1 aromatic heterocycles. The number of alkyl halides is 1. The van der Waals surface area contributed by atoms with Crippen LogP contribution < -0.4 is 5.32 Å². The zero-order chi connectivity index (χ0) is 26.7. The van der Waals surface area contributed by atoms with E-state index in [0.29, 0.717) is 50.9 Å². The number of hydrogen-bond acceptors (Lipinski definition) is 2. The van der Waals surface area contributed by atoms with E-state index in [9.17, 15) is 8.78 Å². The van der Waals surface area contributed by atoms with Crippen LogP contribution in [0.4, 0.5) is 17.6 Å². The van der Waals surface area contributed by atoms with E-state index >= 15 is 8.78 Å². The van der Waals surface area contributed by atoms with Crippen LogP contribution in [0.25, 0.3) is 10.9 Å². The van der Waals surface area contributed by atoms with Gasteiger partial charge in [-0.1, -0.05) is 25.1 Å². The SMILES string of the molecule is C=C(C)C(C)CN1C(c2c(F)ccc(CCCNCCCF)c2F)c2[nH]c3ccc(F)cc3c2C[C@H]1C. The number of halogens is 4. The summed E-state index contributed by atoms with van der Waals surface area (Å²) in [6.07, 6.45) is 2.19. The van der Waals surface area contributed by atoms with Gasteiger partial charge in [0.15, 0.2) is 0 Å². The van der Waals surface area contributed by atoms with E-state index in [-0.39, 0.29) is 30.0 Å². The number of nitrogens with zero attached hydrogens (tertiary/aromatic N) is 1. The van der Waals surface area contributed by atoms with E-state index in [2.05, 4.69) is 35.6 Å². The van der Waals surface area contributed by atoms with Crippen molar-refractivity contribution in [1.29, 1.82) is 0 Å². The number of rotatable bonds is 11. The number of nitrogens with one attached hydrogen (secondary N) is 2. The van der Waals surface area contributed by atoms with E-state index in [1.165, 1.54) is 24.3 Å². The number of aromatic amines is 1. The molecule has 4 rings (SSSR count). The molecule has 37 heavy (non-hydrogen) atoms. The van der Waals surface area contributed by atoms with E-state index in [4.69, 9.17) is 0 Å². The van der Waals surface area contributed by atoms with Crippen LogP contribution in [0.1, 0.15) is 62.0 Å². The summed E-state index contributed by atoms with van der Waals surface area (Å²) in [4.78, 5) is 5.54. The Labute approximate surface area is 216 Å². The molecular weight excluding hydrogens is 478 g/mol. The first-order chi connectivity index (χ1) is 17.7. The molecule has 3 atom stereocenters. The molecule has 1 aliphatic heterocycles. The molecule has 0 radical (unpaired) electrons. The lowest BCUT2D eigenvalue weighted by molar-refractivity contribution is 0.129. The van der Waals surface area contributed by atoms with E-state index < -0.39 is 17.7 Å². The van der Waals surface area contributed by atoms with Gasteiger partial charge in [-0.2, -0.15) is 0 Å². The van der Waals surface area contributed by atoms with Crippen molar-refractivity contribution in [3.05, 3.63) is 82.3 Å². The van der Waals surface area contributed by atoms with Gasteiger partial charge in [0.1, 0.15) is 17.5 Å². The predicted octanol–water partition coefficient (Wildman–Crippen LogP) is 7.02. The summed E-state index contributed by atoms with van der Waals surface area (Å²) >= 11 is 0. The van der Waals surface area contributed by atoms with Gasteiger partial charge >= 0.3 is 0 Å². The minimum atomic E-state index is -0.682. The largest absolute Gasteiger partial charge is 0.357 e. The van der Waals surface area contributed by atoms with Crippen LogP contribution in [0.3, 0.4) is 0 Å². The van der Waals surface area contributed by atoms with Crippen LogP contribution in [-0.4, -0.2) is 42.2 Å². The molecule has 0 bridgehead atoms. The van der Waals surface area contributed by atoms with Gasteiger partial charge < -0.3 is 10.3 Å². The number of benzene rings is 2. The van der Waals surface area contributed by atoms with Gasteiger partial charge in [0.2, 0.25) is 0 Å². The molecule has 1 aliphatic rings. The number of hydrogen-bond donors (Lipinski definition) is 2. The summed E-state index contributed by atoms with van der Waals surface area (Å²) in [6.45, 7) is 11.6. The Morgan fingerprint density at radius 1 is 1.16 bits per heavy atom. The Hall–Kier alpha value is -2.64. The van der Waals surface area contributed by atoms with Crippen molar-refractivity contribution in [2.24, 2.45) is 5.92 Å². The van der Waals surface area contributed by atoms with Crippen LogP contribution in [0, 0.1) is 23.4 Å². The van der Waals surface area contributed by atoms with Crippen molar-refractivity contribution < 1.29 is 17.6 Å². The van der Waals surface area contributed by atoms with Crippen LogP contribution >= 0.6 is 0 Å². The molecular formula is C30H37F4N3. The van der Waals surface area contributed by atoms with Gasteiger partial charge in [-0.15, -0.1) is 0 Å². The van der Waals surface area contributed by atoms with Crippen molar-refractivity contribution >= 4 is 10.9 Å². The van der Waals surface area contributed by atoms with E-state index in [1.807, 2.05) is 6.92 Å². The molecule has 2 N–H and O–H groups in total. The quantitative estimate of drug-likeness (QED) is 0.163. The maximum absolute atomic E-state index is 16.1. The van der Waals surface area contributed by atoms with Crippen molar-refractivity contribution in [2.45, 2.75) is 58.5 Å². The summed E-state index contributed by atoms with van der Waals surface area (Å²) < 4.78 is 58.1. The lowest BCUT2D eigenvalue weighted by Gasteiger charge is -2.42. The van der Waals surface area contributed by atoms with Gasteiger partial charge in [-0.3, -0.25) is 9.29 Å². The maximum Gasteiger partial charge on any atom is 0.134 e. The minimum Gasteiger partial charge on any atom is -0.357 e.